The number of fused-ring (bicyclic) bond motifs is 1. The molecule has 2 aromatic carbocycles. The van der Waals surface area contributed by atoms with Crippen LogP contribution in [-0.2, 0) is 0 Å². The van der Waals surface area contributed by atoms with Crippen LogP contribution in [0.5, 0.6) is 5.75 Å². The molecule has 0 atom stereocenters. The molecule has 0 fully saturated rings. The van der Waals surface area contributed by atoms with Gasteiger partial charge >= 0.3 is 12.0 Å². The predicted molar refractivity (Wildman–Crippen MR) is 74.9 cm³/mol. The van der Waals surface area contributed by atoms with Crippen LogP contribution >= 0.6 is 0 Å². The number of hydrogen-bond acceptors (Lipinski definition) is 7. The van der Waals surface area contributed by atoms with Gasteiger partial charge in [0.05, 0.1) is 4.92 Å². The summed E-state index contributed by atoms with van der Waals surface area (Å²) in [5.74, 6) is -0.404. The highest BCUT2D eigenvalue weighted by atomic mass is 19.4. The molecule has 0 unspecified atom stereocenters. The van der Waals surface area contributed by atoms with E-state index in [1.165, 1.54) is 24.3 Å². The third-order valence-corrected chi connectivity index (χ3v) is 2.95. The van der Waals surface area contributed by atoms with E-state index in [4.69, 9.17) is 0 Å². The molecule has 124 valence electrons. The van der Waals surface area contributed by atoms with E-state index < -0.39 is 17.0 Å². The number of alkyl halides is 3. The van der Waals surface area contributed by atoms with Gasteiger partial charge in [-0.2, -0.15) is 0 Å². The fraction of sp³-hybridized carbons (Fsp3) is 0.0769. The Morgan fingerprint density at radius 1 is 1.12 bits per heavy atom. The summed E-state index contributed by atoms with van der Waals surface area (Å²) in [5, 5.41) is 21.0. The second kappa shape index (κ2) is 5.68. The van der Waals surface area contributed by atoms with E-state index in [-0.39, 0.29) is 22.4 Å². The number of aromatic nitrogens is 2. The molecule has 3 rings (SSSR count). The second-order valence-electron chi connectivity index (χ2n) is 4.55. The number of halogens is 3. The second-order valence-corrected chi connectivity index (χ2v) is 4.55. The van der Waals surface area contributed by atoms with Gasteiger partial charge in [0, 0.05) is 5.69 Å². The number of hydrogen-bond donors (Lipinski definition) is 1. The van der Waals surface area contributed by atoms with Crippen LogP contribution in [0.15, 0.2) is 41.0 Å². The number of ether oxygens (including phenoxy) is 1. The first-order valence-electron chi connectivity index (χ1n) is 6.36. The van der Waals surface area contributed by atoms with Crippen molar-refractivity contribution in [2.45, 2.75) is 6.36 Å². The number of nitrogens with one attached hydrogen (secondary N) is 1. The van der Waals surface area contributed by atoms with E-state index >= 15 is 0 Å². The molecule has 8 nitrogen and oxygen atoms in total. The maximum Gasteiger partial charge on any atom is 0.573 e. The Morgan fingerprint density at radius 2 is 1.83 bits per heavy atom. The van der Waals surface area contributed by atoms with E-state index in [0.29, 0.717) is 5.69 Å². The molecule has 1 aromatic heterocycles. The van der Waals surface area contributed by atoms with Crippen molar-refractivity contribution < 1.29 is 27.5 Å². The molecule has 0 saturated heterocycles. The summed E-state index contributed by atoms with van der Waals surface area (Å²) in [6, 6.07) is 7.59. The average molecular weight is 340 g/mol. The van der Waals surface area contributed by atoms with Crippen LogP contribution in [0, 0.1) is 10.1 Å². The lowest BCUT2D eigenvalue weighted by Gasteiger charge is -2.10. The van der Waals surface area contributed by atoms with E-state index in [1.807, 2.05) is 0 Å². The van der Waals surface area contributed by atoms with Gasteiger partial charge in [0.25, 0.3) is 0 Å². The maximum atomic E-state index is 12.1. The summed E-state index contributed by atoms with van der Waals surface area (Å²) >= 11 is 0. The standard InChI is InChI=1S/C13H7F3N4O4/c14-13(15,16)23-8-3-1-7(2-4-8)17-10-6-5-9-11(19-24-18-9)12(10)20(21)22/h1-6,17H. The van der Waals surface area contributed by atoms with Crippen molar-refractivity contribution in [3.63, 3.8) is 0 Å². The van der Waals surface area contributed by atoms with Crippen molar-refractivity contribution in [3.05, 3.63) is 46.5 Å². The summed E-state index contributed by atoms with van der Waals surface area (Å²) in [4.78, 5) is 10.6. The Labute approximate surface area is 130 Å². The van der Waals surface area contributed by atoms with Gasteiger partial charge in [0.2, 0.25) is 5.52 Å². The van der Waals surface area contributed by atoms with Crippen molar-refractivity contribution in [2.24, 2.45) is 0 Å². The average Bonchev–Trinajstić information content (AvgIpc) is 2.95. The number of nitrogens with zero attached hydrogens (tertiary/aromatic N) is 3. The minimum absolute atomic E-state index is 0.0398. The number of benzene rings is 2. The molecule has 24 heavy (non-hydrogen) atoms. The molecular weight excluding hydrogens is 333 g/mol. The van der Waals surface area contributed by atoms with Crippen LogP contribution in [0.2, 0.25) is 0 Å². The molecule has 0 radical (unpaired) electrons. The molecule has 11 heteroatoms. The molecule has 1 N–H and O–H groups in total. The number of nitro groups is 1. The van der Waals surface area contributed by atoms with Crippen LogP contribution in [0.1, 0.15) is 0 Å². The Bertz CT molecular complexity index is 892. The van der Waals surface area contributed by atoms with E-state index in [2.05, 4.69) is 25.0 Å². The summed E-state index contributed by atoms with van der Waals surface area (Å²) in [7, 11) is 0. The van der Waals surface area contributed by atoms with Gasteiger partial charge in [-0.05, 0) is 46.7 Å². The smallest absolute Gasteiger partial charge is 0.406 e. The largest absolute Gasteiger partial charge is 0.573 e. The molecule has 0 saturated carbocycles. The van der Waals surface area contributed by atoms with Crippen molar-refractivity contribution >= 4 is 28.1 Å². The molecule has 0 amide bonds. The monoisotopic (exact) mass is 340 g/mol. The number of anilines is 2. The lowest BCUT2D eigenvalue weighted by molar-refractivity contribution is -0.382. The zero-order chi connectivity index (χ0) is 17.3. The summed E-state index contributed by atoms with van der Waals surface area (Å²) in [6.07, 6.45) is -4.79. The number of nitro benzene ring substituents is 1. The topological polar surface area (TPSA) is 103 Å². The van der Waals surface area contributed by atoms with Gasteiger partial charge in [-0.1, -0.05) is 0 Å². The van der Waals surface area contributed by atoms with Gasteiger partial charge in [-0.25, -0.2) is 4.63 Å². The van der Waals surface area contributed by atoms with Gasteiger partial charge in [0.1, 0.15) is 17.0 Å². The molecule has 0 bridgehead atoms. The Balaban J connectivity index is 1.90. The van der Waals surface area contributed by atoms with E-state index in [1.54, 1.807) is 0 Å². The molecule has 0 aliphatic carbocycles. The molecule has 0 aliphatic heterocycles. The molecule has 0 aliphatic rings. The fourth-order valence-electron chi connectivity index (χ4n) is 2.02. The lowest BCUT2D eigenvalue weighted by Crippen LogP contribution is -2.16. The normalized spacial score (nSPS) is 11.5. The Kier molecular flexibility index (Phi) is 3.67. The van der Waals surface area contributed by atoms with Crippen molar-refractivity contribution in [1.82, 2.24) is 10.3 Å². The van der Waals surface area contributed by atoms with Gasteiger partial charge in [-0.3, -0.25) is 10.1 Å². The SMILES string of the molecule is O=[N+]([O-])c1c(Nc2ccc(OC(F)(F)F)cc2)ccc2nonc12. The maximum absolute atomic E-state index is 12.1. The van der Waals surface area contributed by atoms with Crippen molar-refractivity contribution in [2.75, 3.05) is 5.32 Å². The third kappa shape index (κ3) is 3.19. The lowest BCUT2D eigenvalue weighted by atomic mass is 10.2. The van der Waals surface area contributed by atoms with Crippen LogP contribution in [0.3, 0.4) is 0 Å². The van der Waals surface area contributed by atoms with E-state index in [9.17, 15) is 23.3 Å². The van der Waals surface area contributed by atoms with Crippen molar-refractivity contribution in [1.29, 1.82) is 0 Å². The Morgan fingerprint density at radius 3 is 2.46 bits per heavy atom. The van der Waals surface area contributed by atoms with Gasteiger partial charge in [0.15, 0.2) is 0 Å². The van der Waals surface area contributed by atoms with Crippen molar-refractivity contribution in [3.8, 4) is 5.75 Å². The molecule has 0 spiro atoms. The first-order chi connectivity index (χ1) is 11.3. The van der Waals surface area contributed by atoms with Crippen LogP contribution in [0.25, 0.3) is 11.0 Å². The quantitative estimate of drug-likeness (QED) is 0.569. The zero-order valence-corrected chi connectivity index (χ0v) is 11.6. The molecule has 1 heterocycles. The van der Waals surface area contributed by atoms with E-state index in [0.717, 1.165) is 12.1 Å². The highest BCUT2D eigenvalue weighted by Crippen LogP contribution is 2.34. The molecular formula is C13H7F3N4O4. The minimum atomic E-state index is -4.79. The first-order valence-corrected chi connectivity index (χ1v) is 6.36. The fourth-order valence-corrected chi connectivity index (χ4v) is 2.02. The highest BCUT2D eigenvalue weighted by molar-refractivity contribution is 5.91. The van der Waals surface area contributed by atoms with Gasteiger partial charge in [-0.15, -0.1) is 13.2 Å². The summed E-state index contributed by atoms with van der Waals surface area (Å²) < 4.78 is 44.6. The molecule has 3 aromatic rings. The number of rotatable bonds is 4. The Hall–Kier alpha value is -3.37. The van der Waals surface area contributed by atoms with Gasteiger partial charge < -0.3 is 10.1 Å². The predicted octanol–water partition coefficient (Wildman–Crippen LogP) is 3.77. The minimum Gasteiger partial charge on any atom is -0.406 e. The zero-order valence-electron chi connectivity index (χ0n) is 11.6. The first kappa shape index (κ1) is 15.5. The van der Waals surface area contributed by atoms with Crippen LogP contribution < -0.4 is 10.1 Å². The highest BCUT2D eigenvalue weighted by Gasteiger charge is 2.31. The van der Waals surface area contributed by atoms with Crippen LogP contribution in [0.4, 0.5) is 30.2 Å². The summed E-state index contributed by atoms with van der Waals surface area (Å²) in [5.41, 5.74) is 0.226. The summed E-state index contributed by atoms with van der Waals surface area (Å²) in [6.45, 7) is 0. The van der Waals surface area contributed by atoms with Crippen LogP contribution in [-0.4, -0.2) is 21.6 Å². The third-order valence-electron chi connectivity index (χ3n) is 2.95.